The minimum absolute atomic E-state index is 0.0664. The van der Waals surface area contributed by atoms with Gasteiger partial charge in [0.1, 0.15) is 6.61 Å². The second-order valence-electron chi connectivity index (χ2n) is 15.8. The van der Waals surface area contributed by atoms with Gasteiger partial charge in [-0.05, 0) is 64.2 Å². The van der Waals surface area contributed by atoms with Crippen molar-refractivity contribution in [1.82, 2.24) is 0 Å². The summed E-state index contributed by atoms with van der Waals surface area (Å²) in [5.41, 5.74) is 0. The Morgan fingerprint density at radius 1 is 0.415 bits per heavy atom. The Hall–Kier alpha value is -1.62. The lowest BCUT2D eigenvalue weighted by molar-refractivity contribution is -0.161. The molecule has 0 aliphatic carbocycles. The van der Waals surface area contributed by atoms with E-state index >= 15 is 0 Å². The Labute approximate surface area is 330 Å². The fourth-order valence-corrected chi connectivity index (χ4v) is 6.90. The number of esters is 2. The monoisotopic (exact) mass is 747 g/mol. The lowest BCUT2D eigenvalue weighted by Crippen LogP contribution is -2.28. The van der Waals surface area contributed by atoms with Gasteiger partial charge in [0.2, 0.25) is 0 Å². The number of rotatable bonds is 43. The molecule has 0 rings (SSSR count). The molecule has 5 heteroatoms. The third kappa shape index (κ3) is 43.0. The van der Waals surface area contributed by atoms with Crippen molar-refractivity contribution in [1.29, 1.82) is 0 Å². The maximum atomic E-state index is 12.2. The van der Waals surface area contributed by atoms with Gasteiger partial charge >= 0.3 is 11.9 Å². The number of aliphatic hydroxyl groups is 1. The average molecular weight is 747 g/mol. The van der Waals surface area contributed by atoms with Gasteiger partial charge in [0.25, 0.3) is 0 Å². The smallest absolute Gasteiger partial charge is 0.306 e. The predicted octanol–water partition coefficient (Wildman–Crippen LogP) is 15.0. The molecular weight excluding hydrogens is 657 g/mol. The number of ether oxygens (including phenoxy) is 2. The van der Waals surface area contributed by atoms with Crippen LogP contribution in [-0.2, 0) is 19.1 Å². The highest BCUT2D eigenvalue weighted by atomic mass is 16.6. The first kappa shape index (κ1) is 51.4. The van der Waals surface area contributed by atoms with Crippen LogP contribution in [0.1, 0.15) is 251 Å². The number of aliphatic hydroxyl groups excluding tert-OH is 1. The van der Waals surface area contributed by atoms with E-state index in [1.165, 1.54) is 180 Å². The highest BCUT2D eigenvalue weighted by molar-refractivity contribution is 5.70. The largest absolute Gasteiger partial charge is 0.462 e. The third-order valence-corrected chi connectivity index (χ3v) is 10.5. The highest BCUT2D eigenvalue weighted by Gasteiger charge is 2.16. The van der Waals surface area contributed by atoms with E-state index in [4.69, 9.17) is 9.47 Å². The molecule has 0 spiro atoms. The molecule has 0 aliphatic heterocycles. The number of unbranched alkanes of at least 4 members (excludes halogenated alkanes) is 31. The third-order valence-electron chi connectivity index (χ3n) is 10.5. The zero-order valence-electron chi connectivity index (χ0n) is 35.5. The molecule has 5 nitrogen and oxygen atoms in total. The molecule has 53 heavy (non-hydrogen) atoms. The van der Waals surface area contributed by atoms with Gasteiger partial charge in [-0.1, -0.05) is 199 Å². The molecule has 0 amide bonds. The number of hydrogen-bond donors (Lipinski definition) is 1. The molecule has 1 atom stereocenters. The molecule has 0 bridgehead atoms. The van der Waals surface area contributed by atoms with Gasteiger partial charge in [-0.3, -0.25) is 9.59 Å². The first-order valence-electron chi connectivity index (χ1n) is 23.4. The molecule has 0 heterocycles. The van der Waals surface area contributed by atoms with E-state index in [1.807, 2.05) is 0 Å². The fourth-order valence-electron chi connectivity index (χ4n) is 6.90. The molecular formula is C48H90O5. The van der Waals surface area contributed by atoms with Crippen molar-refractivity contribution < 1.29 is 24.2 Å². The maximum absolute atomic E-state index is 12.2. The van der Waals surface area contributed by atoms with Gasteiger partial charge in [-0.15, -0.1) is 0 Å². The van der Waals surface area contributed by atoms with Gasteiger partial charge in [0, 0.05) is 12.8 Å². The van der Waals surface area contributed by atoms with Crippen molar-refractivity contribution in [2.45, 2.75) is 258 Å². The van der Waals surface area contributed by atoms with E-state index in [-0.39, 0.29) is 25.2 Å². The van der Waals surface area contributed by atoms with Crippen LogP contribution < -0.4 is 0 Å². The topological polar surface area (TPSA) is 72.8 Å². The maximum Gasteiger partial charge on any atom is 0.306 e. The van der Waals surface area contributed by atoms with Crippen LogP contribution in [0.3, 0.4) is 0 Å². The summed E-state index contributed by atoms with van der Waals surface area (Å²) >= 11 is 0. The predicted molar refractivity (Wildman–Crippen MR) is 228 cm³/mol. The zero-order valence-corrected chi connectivity index (χ0v) is 35.5. The summed E-state index contributed by atoms with van der Waals surface area (Å²) < 4.78 is 10.6. The van der Waals surface area contributed by atoms with Gasteiger partial charge in [0.05, 0.1) is 6.61 Å². The second kappa shape index (κ2) is 44.8. The van der Waals surface area contributed by atoms with Gasteiger partial charge in [-0.2, -0.15) is 0 Å². The molecule has 0 radical (unpaired) electrons. The van der Waals surface area contributed by atoms with Crippen LogP contribution in [-0.4, -0.2) is 36.4 Å². The van der Waals surface area contributed by atoms with Crippen LogP contribution in [0.25, 0.3) is 0 Å². The molecule has 0 aromatic heterocycles. The Bertz CT molecular complexity index is 806. The van der Waals surface area contributed by atoms with E-state index in [0.717, 1.165) is 44.9 Å². The quantitative estimate of drug-likeness (QED) is 0.0382. The van der Waals surface area contributed by atoms with Crippen LogP contribution in [0, 0.1) is 0 Å². The van der Waals surface area contributed by atoms with Crippen molar-refractivity contribution in [3.8, 4) is 0 Å². The first-order chi connectivity index (χ1) is 26.1. The molecule has 0 aromatic rings. The summed E-state index contributed by atoms with van der Waals surface area (Å²) in [6.07, 6.45) is 54.1. The van der Waals surface area contributed by atoms with Crippen LogP contribution >= 0.6 is 0 Å². The number of hydrogen-bond acceptors (Lipinski definition) is 5. The Morgan fingerprint density at radius 2 is 0.698 bits per heavy atom. The van der Waals surface area contributed by atoms with Crippen molar-refractivity contribution >= 4 is 11.9 Å². The Kier molecular flexibility index (Phi) is 43.4. The van der Waals surface area contributed by atoms with Crippen LogP contribution in [0.15, 0.2) is 24.3 Å². The van der Waals surface area contributed by atoms with Crippen molar-refractivity contribution in [3.05, 3.63) is 24.3 Å². The lowest BCUT2D eigenvalue weighted by atomic mass is 10.0. The summed E-state index contributed by atoms with van der Waals surface area (Å²) in [5, 5.41) is 9.59. The molecule has 0 saturated carbocycles. The second-order valence-corrected chi connectivity index (χ2v) is 15.8. The molecule has 0 aliphatic rings. The van der Waals surface area contributed by atoms with E-state index in [9.17, 15) is 14.7 Å². The molecule has 0 fully saturated rings. The Balaban J connectivity index is 3.47. The molecule has 0 saturated heterocycles. The van der Waals surface area contributed by atoms with E-state index in [0.29, 0.717) is 12.8 Å². The van der Waals surface area contributed by atoms with Gasteiger partial charge < -0.3 is 14.6 Å². The molecule has 0 aromatic carbocycles. The minimum atomic E-state index is -0.771. The van der Waals surface area contributed by atoms with Crippen molar-refractivity contribution in [3.63, 3.8) is 0 Å². The SMILES string of the molecule is CCCCCCC/C=C\CCCCCCCC(=O)OCC(CO)OC(=O)CCCCCCCCCCCCCCC/C=C\CCCCCCCCCC. The summed E-state index contributed by atoms with van der Waals surface area (Å²) in [6, 6.07) is 0. The van der Waals surface area contributed by atoms with Crippen LogP contribution in [0.4, 0.5) is 0 Å². The fraction of sp³-hybridized carbons (Fsp3) is 0.875. The Morgan fingerprint density at radius 3 is 1.02 bits per heavy atom. The summed E-state index contributed by atoms with van der Waals surface area (Å²) in [7, 11) is 0. The average Bonchev–Trinajstić information content (AvgIpc) is 3.16. The number of allylic oxidation sites excluding steroid dienone is 4. The minimum Gasteiger partial charge on any atom is -0.462 e. The lowest BCUT2D eigenvalue weighted by Gasteiger charge is -2.15. The van der Waals surface area contributed by atoms with E-state index < -0.39 is 6.10 Å². The van der Waals surface area contributed by atoms with Crippen LogP contribution in [0.5, 0.6) is 0 Å². The summed E-state index contributed by atoms with van der Waals surface area (Å²) in [6.45, 7) is 4.14. The summed E-state index contributed by atoms with van der Waals surface area (Å²) in [4.78, 5) is 24.3. The standard InChI is InChI=1S/C48H90O5/c1-3-5-7-9-11-13-15-17-19-20-21-22-23-24-25-26-27-28-29-31-33-35-37-39-41-43-48(51)53-46(44-49)45-52-47(50)42-40-38-36-34-32-30-18-16-14-12-10-8-6-4-2/h16,18,20-21,46,49H,3-15,17,19,22-45H2,1-2H3/b18-16-,21-20-. The van der Waals surface area contributed by atoms with Gasteiger partial charge in [-0.25, -0.2) is 0 Å². The summed E-state index contributed by atoms with van der Waals surface area (Å²) in [5.74, 6) is -0.591. The zero-order chi connectivity index (χ0) is 38.6. The van der Waals surface area contributed by atoms with E-state index in [1.54, 1.807) is 0 Å². The molecule has 1 N–H and O–H groups in total. The van der Waals surface area contributed by atoms with E-state index in [2.05, 4.69) is 38.2 Å². The number of carbonyl (C=O) groups excluding carboxylic acids is 2. The number of carbonyl (C=O) groups is 2. The van der Waals surface area contributed by atoms with Crippen molar-refractivity contribution in [2.75, 3.05) is 13.2 Å². The highest BCUT2D eigenvalue weighted by Crippen LogP contribution is 2.15. The van der Waals surface area contributed by atoms with Crippen LogP contribution in [0.2, 0.25) is 0 Å². The molecule has 312 valence electrons. The molecule has 1 unspecified atom stereocenters. The van der Waals surface area contributed by atoms with Gasteiger partial charge in [0.15, 0.2) is 6.10 Å². The first-order valence-corrected chi connectivity index (χ1v) is 23.4. The van der Waals surface area contributed by atoms with Crippen molar-refractivity contribution in [2.24, 2.45) is 0 Å². The normalized spacial score (nSPS) is 12.3.